The number of aromatic amines is 1. The van der Waals surface area contributed by atoms with Gasteiger partial charge >= 0.3 is 0 Å². The Morgan fingerprint density at radius 1 is 1.06 bits per heavy atom. The first-order valence-corrected chi connectivity index (χ1v) is 12.4. The van der Waals surface area contributed by atoms with Crippen LogP contribution in [-0.4, -0.2) is 43.2 Å². The van der Waals surface area contributed by atoms with Gasteiger partial charge in [-0.15, -0.1) is 5.10 Å². The van der Waals surface area contributed by atoms with Crippen molar-refractivity contribution < 1.29 is 4.74 Å². The molecule has 1 aliphatic rings. The smallest absolute Gasteiger partial charge is 0.252 e. The van der Waals surface area contributed by atoms with Gasteiger partial charge in [-0.25, -0.2) is 4.68 Å². The van der Waals surface area contributed by atoms with Gasteiger partial charge in [0.25, 0.3) is 5.56 Å². The fraction of sp³-hybridized carbons (Fsp3) is 0.407. The third-order valence-corrected chi connectivity index (χ3v) is 7.05. The highest BCUT2D eigenvalue weighted by Gasteiger charge is 2.25. The second-order valence-electron chi connectivity index (χ2n) is 9.34. The highest BCUT2D eigenvalue weighted by atomic mass is 16.5. The fourth-order valence-corrected chi connectivity index (χ4v) is 4.99. The highest BCUT2D eigenvalue weighted by molar-refractivity contribution is 5.79. The Hall–Kier alpha value is -3.52. The van der Waals surface area contributed by atoms with E-state index in [2.05, 4.69) is 50.5 Å². The van der Waals surface area contributed by atoms with Gasteiger partial charge in [0.1, 0.15) is 5.75 Å². The Kier molecular flexibility index (Phi) is 6.90. The van der Waals surface area contributed by atoms with Crippen LogP contribution < -0.4 is 10.3 Å². The summed E-state index contributed by atoms with van der Waals surface area (Å²) in [5.74, 6) is 1.63. The van der Waals surface area contributed by atoms with Crippen LogP contribution in [0.2, 0.25) is 0 Å². The number of pyridine rings is 1. The number of aromatic nitrogens is 5. The normalized spacial score (nSPS) is 14.3. The lowest BCUT2D eigenvalue weighted by atomic mass is 10.1. The Morgan fingerprint density at radius 2 is 1.83 bits per heavy atom. The standard InChI is InChI=1S/C27H32N6O2/c1-3-19-10-13-25-21(14-19)15-22(27(34)28-25)17-32(23-6-4-5-7-23)18-26-29-30-31-33(26)16-20-8-11-24(35-2)12-9-20/h8-15,23H,3-7,16-18H2,1-2H3,(H,28,34). The van der Waals surface area contributed by atoms with E-state index in [1.807, 2.05) is 35.0 Å². The summed E-state index contributed by atoms with van der Waals surface area (Å²) >= 11 is 0. The first-order chi connectivity index (χ1) is 17.1. The Balaban J connectivity index is 1.40. The maximum Gasteiger partial charge on any atom is 0.252 e. The largest absolute Gasteiger partial charge is 0.497 e. The van der Waals surface area contributed by atoms with Gasteiger partial charge < -0.3 is 9.72 Å². The van der Waals surface area contributed by atoms with Gasteiger partial charge in [-0.05, 0) is 76.5 Å². The van der Waals surface area contributed by atoms with Crippen LogP contribution in [0, 0.1) is 0 Å². The van der Waals surface area contributed by atoms with Gasteiger partial charge in [0.2, 0.25) is 0 Å². The lowest BCUT2D eigenvalue weighted by Crippen LogP contribution is -2.35. The quantitative estimate of drug-likeness (QED) is 0.395. The predicted molar refractivity (Wildman–Crippen MR) is 135 cm³/mol. The fourth-order valence-electron chi connectivity index (χ4n) is 4.99. The Morgan fingerprint density at radius 3 is 2.57 bits per heavy atom. The molecule has 2 aromatic heterocycles. The molecule has 35 heavy (non-hydrogen) atoms. The molecule has 4 aromatic rings. The van der Waals surface area contributed by atoms with Gasteiger partial charge in [-0.2, -0.15) is 0 Å². The van der Waals surface area contributed by atoms with Crippen molar-refractivity contribution in [1.82, 2.24) is 30.1 Å². The second kappa shape index (κ2) is 10.4. The van der Waals surface area contributed by atoms with Crippen LogP contribution in [-0.2, 0) is 26.1 Å². The summed E-state index contributed by atoms with van der Waals surface area (Å²) in [5.41, 5.74) is 4.01. The average Bonchev–Trinajstić information content (AvgIpc) is 3.57. The second-order valence-corrected chi connectivity index (χ2v) is 9.34. The molecule has 0 radical (unpaired) electrons. The van der Waals surface area contributed by atoms with E-state index >= 15 is 0 Å². The van der Waals surface area contributed by atoms with Gasteiger partial charge in [0, 0.05) is 23.7 Å². The zero-order valence-corrected chi connectivity index (χ0v) is 20.4. The third-order valence-electron chi connectivity index (χ3n) is 7.05. The molecule has 5 rings (SSSR count). The molecule has 0 amide bonds. The van der Waals surface area contributed by atoms with Crippen molar-refractivity contribution >= 4 is 10.9 Å². The number of hydrogen-bond donors (Lipinski definition) is 1. The molecular formula is C27H32N6O2. The number of H-pyrrole nitrogens is 1. The minimum atomic E-state index is -0.0254. The first-order valence-electron chi connectivity index (χ1n) is 12.4. The van der Waals surface area contributed by atoms with Crippen LogP contribution in [0.5, 0.6) is 5.75 Å². The number of methoxy groups -OCH3 is 1. The molecule has 0 atom stereocenters. The molecular weight excluding hydrogens is 440 g/mol. The van der Waals surface area contributed by atoms with Crippen molar-refractivity contribution in [3.8, 4) is 5.75 Å². The van der Waals surface area contributed by atoms with Crippen LogP contribution in [0.4, 0.5) is 0 Å². The van der Waals surface area contributed by atoms with E-state index in [-0.39, 0.29) is 5.56 Å². The molecule has 8 nitrogen and oxygen atoms in total. The summed E-state index contributed by atoms with van der Waals surface area (Å²) in [6, 6.07) is 16.7. The van der Waals surface area contributed by atoms with Crippen LogP contribution >= 0.6 is 0 Å². The molecule has 182 valence electrons. The summed E-state index contributed by atoms with van der Waals surface area (Å²) < 4.78 is 7.11. The molecule has 1 N–H and O–H groups in total. The number of hydrogen-bond acceptors (Lipinski definition) is 6. The summed E-state index contributed by atoms with van der Waals surface area (Å²) in [7, 11) is 1.66. The van der Waals surface area contributed by atoms with E-state index in [0.29, 0.717) is 25.7 Å². The zero-order valence-electron chi connectivity index (χ0n) is 20.4. The SMILES string of the molecule is CCc1ccc2[nH]c(=O)c(CN(Cc3nnnn3Cc3ccc(OC)cc3)C3CCCC3)cc2c1. The van der Waals surface area contributed by atoms with Crippen molar-refractivity contribution in [2.24, 2.45) is 0 Å². The van der Waals surface area contributed by atoms with Crippen molar-refractivity contribution in [3.05, 3.63) is 81.4 Å². The van der Waals surface area contributed by atoms with E-state index in [9.17, 15) is 4.79 Å². The molecule has 8 heteroatoms. The molecule has 2 heterocycles. The van der Waals surface area contributed by atoms with Crippen molar-refractivity contribution in [2.45, 2.75) is 64.7 Å². The zero-order chi connectivity index (χ0) is 24.2. The topological polar surface area (TPSA) is 88.9 Å². The van der Waals surface area contributed by atoms with Crippen molar-refractivity contribution in [1.29, 1.82) is 0 Å². The summed E-state index contributed by atoms with van der Waals surface area (Å²) in [6.45, 7) is 3.90. The lowest BCUT2D eigenvalue weighted by molar-refractivity contribution is 0.172. The van der Waals surface area contributed by atoms with Gasteiger partial charge in [0.15, 0.2) is 5.82 Å². The molecule has 0 spiro atoms. The maximum atomic E-state index is 13.0. The number of aryl methyl sites for hydroxylation is 1. The number of nitrogens with one attached hydrogen (secondary N) is 1. The number of rotatable bonds is 9. The molecule has 0 aliphatic heterocycles. The number of nitrogens with zero attached hydrogens (tertiary/aromatic N) is 5. The predicted octanol–water partition coefficient (Wildman–Crippen LogP) is 4.08. The minimum Gasteiger partial charge on any atom is -0.497 e. The molecule has 0 unspecified atom stereocenters. The number of benzene rings is 2. The Bertz CT molecular complexity index is 1340. The highest BCUT2D eigenvalue weighted by Crippen LogP contribution is 2.26. The monoisotopic (exact) mass is 472 g/mol. The molecule has 1 aliphatic carbocycles. The van der Waals surface area contributed by atoms with Gasteiger partial charge in [0.05, 0.1) is 20.2 Å². The van der Waals surface area contributed by atoms with E-state index in [1.165, 1.54) is 18.4 Å². The van der Waals surface area contributed by atoms with E-state index in [1.54, 1.807) is 7.11 Å². The van der Waals surface area contributed by atoms with Crippen LogP contribution in [0.25, 0.3) is 10.9 Å². The minimum absolute atomic E-state index is 0.0254. The summed E-state index contributed by atoms with van der Waals surface area (Å²) in [5, 5.41) is 13.6. The van der Waals surface area contributed by atoms with Crippen molar-refractivity contribution in [2.75, 3.05) is 7.11 Å². The number of fused-ring (bicyclic) bond motifs is 1. The van der Waals surface area contributed by atoms with E-state index in [4.69, 9.17) is 4.74 Å². The third kappa shape index (κ3) is 5.27. The average molecular weight is 473 g/mol. The molecule has 0 bridgehead atoms. The number of tetrazole rings is 1. The summed E-state index contributed by atoms with van der Waals surface area (Å²) in [4.78, 5) is 18.4. The maximum absolute atomic E-state index is 13.0. The molecule has 1 fully saturated rings. The van der Waals surface area contributed by atoms with E-state index in [0.717, 1.165) is 52.9 Å². The molecule has 0 saturated heterocycles. The van der Waals surface area contributed by atoms with Crippen LogP contribution in [0.15, 0.2) is 53.3 Å². The van der Waals surface area contributed by atoms with Crippen LogP contribution in [0.1, 0.15) is 55.1 Å². The first kappa shape index (κ1) is 23.2. The van der Waals surface area contributed by atoms with Crippen molar-refractivity contribution in [3.63, 3.8) is 0 Å². The van der Waals surface area contributed by atoms with Crippen LogP contribution in [0.3, 0.4) is 0 Å². The lowest BCUT2D eigenvalue weighted by Gasteiger charge is -2.28. The van der Waals surface area contributed by atoms with E-state index < -0.39 is 0 Å². The van der Waals surface area contributed by atoms with Gasteiger partial charge in [-0.3, -0.25) is 9.69 Å². The number of ether oxygens (including phenoxy) is 1. The molecule has 2 aromatic carbocycles. The summed E-state index contributed by atoms with van der Waals surface area (Å²) in [6.07, 6.45) is 5.66. The molecule has 1 saturated carbocycles. The van der Waals surface area contributed by atoms with Gasteiger partial charge in [-0.1, -0.05) is 38.0 Å². The Labute approximate surface area is 204 Å².